The molecule has 2 aromatic carbocycles. The predicted octanol–water partition coefficient (Wildman–Crippen LogP) is 11.9. The van der Waals surface area contributed by atoms with Crippen molar-refractivity contribution in [2.45, 2.75) is 162 Å². The van der Waals surface area contributed by atoms with Crippen LogP contribution in [-0.4, -0.2) is 12.1 Å². The monoisotopic (exact) mass is 534 g/mol. The highest BCUT2D eigenvalue weighted by Gasteiger charge is 2.05. The van der Waals surface area contributed by atoms with Gasteiger partial charge in [-0.25, -0.2) is 0 Å². The van der Waals surface area contributed by atoms with Crippen LogP contribution >= 0.6 is 0 Å². The van der Waals surface area contributed by atoms with E-state index in [4.69, 9.17) is 0 Å². The van der Waals surface area contributed by atoms with E-state index >= 15 is 0 Å². The van der Waals surface area contributed by atoms with E-state index in [0.717, 1.165) is 6.42 Å². The molecule has 2 atom stereocenters. The van der Waals surface area contributed by atoms with Crippen LogP contribution in [0.3, 0.4) is 0 Å². The Balaban J connectivity index is 1.60. The Bertz CT molecular complexity index is 741. The topological polar surface area (TPSA) is 24.1 Å². The van der Waals surface area contributed by atoms with Crippen molar-refractivity contribution >= 4 is 11.4 Å². The van der Waals surface area contributed by atoms with Crippen LogP contribution in [0.2, 0.25) is 0 Å². The summed E-state index contributed by atoms with van der Waals surface area (Å²) in [4.78, 5) is 0. The molecule has 0 fully saturated rings. The van der Waals surface area contributed by atoms with Gasteiger partial charge in [0, 0.05) is 23.5 Å². The third-order valence-corrected chi connectivity index (χ3v) is 8.12. The summed E-state index contributed by atoms with van der Waals surface area (Å²) in [5.41, 5.74) is 5.24. The molecule has 0 aliphatic carbocycles. The molecule has 0 spiro atoms. The summed E-state index contributed by atoms with van der Waals surface area (Å²) in [6.07, 6.45) is 25.8. The third kappa shape index (κ3) is 16.7. The maximum Gasteiger partial charge on any atom is 0.0342 e. The summed E-state index contributed by atoms with van der Waals surface area (Å²) < 4.78 is 0. The van der Waals surface area contributed by atoms with Gasteiger partial charge >= 0.3 is 0 Å². The molecule has 220 valence electrons. The molecule has 2 nitrogen and oxygen atoms in total. The van der Waals surface area contributed by atoms with Crippen molar-refractivity contribution < 1.29 is 0 Å². The van der Waals surface area contributed by atoms with Gasteiger partial charge in [-0.3, -0.25) is 0 Å². The minimum absolute atomic E-state index is 0.536. The van der Waals surface area contributed by atoms with Gasteiger partial charge in [0.2, 0.25) is 0 Å². The lowest BCUT2D eigenvalue weighted by Gasteiger charge is -2.16. The van der Waals surface area contributed by atoms with E-state index in [1.807, 2.05) is 0 Å². The van der Waals surface area contributed by atoms with E-state index in [0.29, 0.717) is 12.1 Å². The number of rotatable bonds is 24. The second kappa shape index (κ2) is 21.8. The molecule has 2 aromatic rings. The van der Waals surface area contributed by atoms with E-state index in [1.165, 1.54) is 138 Å². The Morgan fingerprint density at radius 1 is 0.436 bits per heavy atom. The third-order valence-electron chi connectivity index (χ3n) is 8.12. The van der Waals surface area contributed by atoms with Gasteiger partial charge in [-0.15, -0.1) is 0 Å². The standard InChI is InChI=1S/C37H62N2/c1-5-7-9-11-13-15-17-19-21-32(3)38-36-27-23-34(24-28-36)31-35-25-29-37(30-26-35)39-33(4)22-20-18-16-14-12-10-8-6-2/h23-30,32-33,38-39H,5-22,31H2,1-4H3. The van der Waals surface area contributed by atoms with Crippen LogP contribution in [-0.2, 0) is 6.42 Å². The van der Waals surface area contributed by atoms with Gasteiger partial charge in [0.05, 0.1) is 0 Å². The van der Waals surface area contributed by atoms with E-state index in [-0.39, 0.29) is 0 Å². The molecule has 0 radical (unpaired) electrons. The van der Waals surface area contributed by atoms with Crippen LogP contribution in [0.15, 0.2) is 48.5 Å². The fraction of sp³-hybridized carbons (Fsp3) is 0.676. The fourth-order valence-electron chi connectivity index (χ4n) is 5.56. The first-order valence-corrected chi connectivity index (χ1v) is 16.8. The fourth-order valence-corrected chi connectivity index (χ4v) is 5.56. The van der Waals surface area contributed by atoms with Crippen molar-refractivity contribution in [3.8, 4) is 0 Å². The Labute approximate surface area is 243 Å². The zero-order valence-corrected chi connectivity index (χ0v) is 26.2. The number of hydrogen-bond acceptors (Lipinski definition) is 2. The molecule has 0 amide bonds. The van der Waals surface area contributed by atoms with E-state index in [9.17, 15) is 0 Å². The highest BCUT2D eigenvalue weighted by atomic mass is 14.9. The van der Waals surface area contributed by atoms with Crippen LogP contribution in [0.1, 0.15) is 154 Å². The zero-order valence-electron chi connectivity index (χ0n) is 26.2. The lowest BCUT2D eigenvalue weighted by molar-refractivity contribution is 0.550. The van der Waals surface area contributed by atoms with Crippen LogP contribution in [0.4, 0.5) is 11.4 Å². The van der Waals surface area contributed by atoms with Gasteiger partial charge in [-0.05, 0) is 68.5 Å². The molecule has 0 saturated heterocycles. The molecule has 39 heavy (non-hydrogen) atoms. The van der Waals surface area contributed by atoms with Crippen molar-refractivity contribution in [2.24, 2.45) is 0 Å². The predicted molar refractivity (Wildman–Crippen MR) is 176 cm³/mol. The molecule has 2 unspecified atom stereocenters. The maximum absolute atomic E-state index is 3.70. The summed E-state index contributed by atoms with van der Waals surface area (Å²) in [5, 5.41) is 7.40. The van der Waals surface area contributed by atoms with E-state index in [2.05, 4.69) is 86.9 Å². The number of anilines is 2. The second-order valence-electron chi connectivity index (χ2n) is 12.2. The Hall–Kier alpha value is -1.96. The summed E-state index contributed by atoms with van der Waals surface area (Å²) >= 11 is 0. The van der Waals surface area contributed by atoms with Crippen LogP contribution in [0, 0.1) is 0 Å². The van der Waals surface area contributed by atoms with E-state index in [1.54, 1.807) is 0 Å². The van der Waals surface area contributed by atoms with Gasteiger partial charge < -0.3 is 10.6 Å². The first-order valence-electron chi connectivity index (χ1n) is 16.8. The van der Waals surface area contributed by atoms with Crippen molar-refractivity contribution in [1.29, 1.82) is 0 Å². The average Bonchev–Trinajstić information content (AvgIpc) is 2.94. The molecule has 0 bridgehead atoms. The maximum atomic E-state index is 3.70. The minimum Gasteiger partial charge on any atom is -0.383 e. The number of hydrogen-bond donors (Lipinski definition) is 2. The number of nitrogens with one attached hydrogen (secondary N) is 2. The first kappa shape index (κ1) is 33.2. The summed E-state index contributed by atoms with van der Waals surface area (Å²) in [6, 6.07) is 19.2. The second-order valence-corrected chi connectivity index (χ2v) is 12.2. The molecule has 0 saturated carbocycles. The molecule has 2 N–H and O–H groups in total. The smallest absolute Gasteiger partial charge is 0.0342 e. The summed E-state index contributed by atoms with van der Waals surface area (Å²) in [7, 11) is 0. The van der Waals surface area contributed by atoms with Crippen LogP contribution in [0.25, 0.3) is 0 Å². The number of benzene rings is 2. The highest BCUT2D eigenvalue weighted by molar-refractivity contribution is 5.48. The van der Waals surface area contributed by atoms with Gasteiger partial charge in [0.25, 0.3) is 0 Å². The van der Waals surface area contributed by atoms with Crippen molar-refractivity contribution in [3.05, 3.63) is 59.7 Å². The Morgan fingerprint density at radius 2 is 0.744 bits per heavy atom. The largest absolute Gasteiger partial charge is 0.383 e. The lowest BCUT2D eigenvalue weighted by Crippen LogP contribution is -2.14. The zero-order chi connectivity index (χ0) is 28.0. The quantitative estimate of drug-likeness (QED) is 0.131. The van der Waals surface area contributed by atoms with Gasteiger partial charge in [-0.2, -0.15) is 0 Å². The summed E-state index contributed by atoms with van der Waals surface area (Å²) in [6.45, 7) is 9.22. The molecule has 0 aromatic heterocycles. The molecule has 2 rings (SSSR count). The SMILES string of the molecule is CCCCCCCCCCC(C)Nc1ccc(Cc2ccc(NC(C)CCCCCCCCCC)cc2)cc1. The number of unbranched alkanes of at least 4 members (excludes halogenated alkanes) is 14. The Morgan fingerprint density at radius 3 is 1.08 bits per heavy atom. The average molecular weight is 535 g/mol. The first-order chi connectivity index (χ1) is 19.1. The Kier molecular flexibility index (Phi) is 18.6. The van der Waals surface area contributed by atoms with Crippen molar-refractivity contribution in [2.75, 3.05) is 10.6 Å². The van der Waals surface area contributed by atoms with Crippen LogP contribution < -0.4 is 10.6 Å². The minimum atomic E-state index is 0.536. The molecule has 0 aliphatic heterocycles. The molecule has 0 aliphatic rings. The van der Waals surface area contributed by atoms with Gasteiger partial charge in [-0.1, -0.05) is 141 Å². The van der Waals surface area contributed by atoms with Crippen molar-refractivity contribution in [3.63, 3.8) is 0 Å². The lowest BCUT2D eigenvalue weighted by atomic mass is 10.0. The normalized spacial score (nSPS) is 12.8. The van der Waals surface area contributed by atoms with E-state index < -0.39 is 0 Å². The van der Waals surface area contributed by atoms with Gasteiger partial charge in [0.1, 0.15) is 0 Å². The highest BCUT2D eigenvalue weighted by Crippen LogP contribution is 2.19. The molecular formula is C37H62N2. The van der Waals surface area contributed by atoms with Crippen molar-refractivity contribution in [1.82, 2.24) is 0 Å². The van der Waals surface area contributed by atoms with Crippen LogP contribution in [0.5, 0.6) is 0 Å². The van der Waals surface area contributed by atoms with Gasteiger partial charge in [0.15, 0.2) is 0 Å². The molecule has 0 heterocycles. The molecule has 2 heteroatoms. The summed E-state index contributed by atoms with van der Waals surface area (Å²) in [5.74, 6) is 0. The molecular weight excluding hydrogens is 472 g/mol.